The first-order chi connectivity index (χ1) is 15.0. The second-order valence-corrected chi connectivity index (χ2v) is 8.14. The molecule has 1 aliphatic carbocycles. The Labute approximate surface area is 181 Å². The van der Waals surface area contributed by atoms with Crippen molar-refractivity contribution in [2.75, 3.05) is 26.3 Å². The standard InChI is InChI=1S/C24H28N2O5/c1-2-30-24(29)16-9-11-26(12-10-16)23(28)20-13-17-5-3-4-6-18(17)14-21(20)31-15-22(27)25-19-7-8-19/h3-6,13-14,16,19H,2,7-12,15H2,1H3,(H,25,27). The van der Waals surface area contributed by atoms with E-state index in [0.717, 1.165) is 23.6 Å². The fraction of sp³-hybridized carbons (Fsp3) is 0.458. The summed E-state index contributed by atoms with van der Waals surface area (Å²) in [6.45, 7) is 3.00. The number of nitrogens with zero attached hydrogens (tertiary/aromatic N) is 1. The molecule has 164 valence electrons. The second kappa shape index (κ2) is 9.37. The molecule has 0 radical (unpaired) electrons. The molecule has 2 aromatic rings. The third-order valence-corrected chi connectivity index (χ3v) is 5.78. The van der Waals surface area contributed by atoms with Gasteiger partial charge in [0, 0.05) is 19.1 Å². The zero-order valence-electron chi connectivity index (χ0n) is 17.8. The third-order valence-electron chi connectivity index (χ3n) is 5.78. The minimum Gasteiger partial charge on any atom is -0.483 e. The zero-order chi connectivity index (χ0) is 21.8. The number of benzene rings is 2. The summed E-state index contributed by atoms with van der Waals surface area (Å²) in [5.41, 5.74) is 0.438. The summed E-state index contributed by atoms with van der Waals surface area (Å²) in [6, 6.07) is 11.6. The first-order valence-corrected chi connectivity index (χ1v) is 11.0. The van der Waals surface area contributed by atoms with Crippen molar-refractivity contribution < 1.29 is 23.9 Å². The number of rotatable bonds is 7. The van der Waals surface area contributed by atoms with Gasteiger partial charge in [0.25, 0.3) is 11.8 Å². The molecule has 4 rings (SSSR count). The molecule has 0 atom stereocenters. The van der Waals surface area contributed by atoms with E-state index in [2.05, 4.69) is 5.32 Å². The van der Waals surface area contributed by atoms with Crippen LogP contribution in [0.25, 0.3) is 10.8 Å². The van der Waals surface area contributed by atoms with Gasteiger partial charge in [-0.15, -0.1) is 0 Å². The average Bonchev–Trinajstić information content (AvgIpc) is 3.60. The lowest BCUT2D eigenvalue weighted by Crippen LogP contribution is -2.41. The quantitative estimate of drug-likeness (QED) is 0.691. The number of likely N-dealkylation sites (tertiary alicyclic amines) is 1. The number of carbonyl (C=O) groups excluding carboxylic acids is 3. The molecule has 1 N–H and O–H groups in total. The highest BCUT2D eigenvalue weighted by atomic mass is 16.5. The Balaban J connectivity index is 1.50. The van der Waals surface area contributed by atoms with Crippen molar-refractivity contribution in [2.24, 2.45) is 5.92 Å². The predicted molar refractivity (Wildman–Crippen MR) is 116 cm³/mol. The molecule has 0 spiro atoms. The monoisotopic (exact) mass is 424 g/mol. The Bertz CT molecular complexity index is 977. The molecule has 2 fully saturated rings. The number of piperidine rings is 1. The molecule has 31 heavy (non-hydrogen) atoms. The minimum absolute atomic E-state index is 0.125. The summed E-state index contributed by atoms with van der Waals surface area (Å²) in [7, 11) is 0. The van der Waals surface area contributed by atoms with E-state index < -0.39 is 0 Å². The summed E-state index contributed by atoms with van der Waals surface area (Å²) in [5, 5.41) is 4.77. The van der Waals surface area contributed by atoms with Crippen molar-refractivity contribution in [3.05, 3.63) is 42.0 Å². The van der Waals surface area contributed by atoms with Gasteiger partial charge in [-0.05, 0) is 55.5 Å². The molecule has 1 saturated carbocycles. The Hall–Kier alpha value is -3.09. The van der Waals surface area contributed by atoms with Crippen molar-refractivity contribution >= 4 is 28.6 Å². The maximum absolute atomic E-state index is 13.3. The number of ether oxygens (including phenoxy) is 2. The number of esters is 1. The Morgan fingerprint density at radius 2 is 1.71 bits per heavy atom. The predicted octanol–water partition coefficient (Wildman–Crippen LogP) is 2.91. The molecule has 2 amide bonds. The van der Waals surface area contributed by atoms with Crippen molar-refractivity contribution in [2.45, 2.75) is 38.6 Å². The fourth-order valence-corrected chi connectivity index (χ4v) is 3.89. The van der Waals surface area contributed by atoms with Crippen LogP contribution < -0.4 is 10.1 Å². The van der Waals surface area contributed by atoms with E-state index in [1.54, 1.807) is 11.8 Å². The molecule has 1 saturated heterocycles. The summed E-state index contributed by atoms with van der Waals surface area (Å²) in [4.78, 5) is 39.2. The highest BCUT2D eigenvalue weighted by Gasteiger charge is 2.30. The first-order valence-electron chi connectivity index (χ1n) is 11.0. The summed E-state index contributed by atoms with van der Waals surface area (Å²) in [5.74, 6) is -0.273. The number of nitrogens with one attached hydrogen (secondary N) is 1. The normalized spacial score (nSPS) is 16.7. The van der Waals surface area contributed by atoms with Crippen LogP contribution >= 0.6 is 0 Å². The van der Waals surface area contributed by atoms with Crippen molar-refractivity contribution in [1.29, 1.82) is 0 Å². The summed E-state index contributed by atoms with van der Waals surface area (Å²) >= 11 is 0. The number of carbonyl (C=O) groups is 3. The Morgan fingerprint density at radius 3 is 2.35 bits per heavy atom. The van der Waals surface area contributed by atoms with Crippen LogP contribution in [0.4, 0.5) is 0 Å². The zero-order valence-corrected chi connectivity index (χ0v) is 17.8. The van der Waals surface area contributed by atoms with E-state index in [1.165, 1.54) is 0 Å². The van der Waals surface area contributed by atoms with Crippen LogP contribution in [0.15, 0.2) is 36.4 Å². The van der Waals surface area contributed by atoms with Gasteiger partial charge in [0.2, 0.25) is 0 Å². The van der Waals surface area contributed by atoms with Gasteiger partial charge in [-0.25, -0.2) is 0 Å². The van der Waals surface area contributed by atoms with Crippen LogP contribution in [0.2, 0.25) is 0 Å². The average molecular weight is 424 g/mol. The topological polar surface area (TPSA) is 84.9 Å². The lowest BCUT2D eigenvalue weighted by molar-refractivity contribution is -0.149. The van der Waals surface area contributed by atoms with E-state index in [0.29, 0.717) is 43.9 Å². The Kier molecular flexibility index (Phi) is 6.39. The number of hydrogen-bond acceptors (Lipinski definition) is 5. The van der Waals surface area contributed by atoms with Crippen LogP contribution in [0, 0.1) is 5.92 Å². The van der Waals surface area contributed by atoms with E-state index in [-0.39, 0.29) is 36.4 Å². The van der Waals surface area contributed by atoms with Crippen LogP contribution in [0.5, 0.6) is 5.75 Å². The van der Waals surface area contributed by atoms with Gasteiger partial charge in [0.15, 0.2) is 6.61 Å². The summed E-state index contributed by atoms with van der Waals surface area (Å²) in [6.07, 6.45) is 3.18. The molecular weight excluding hydrogens is 396 g/mol. The van der Waals surface area contributed by atoms with E-state index in [9.17, 15) is 14.4 Å². The van der Waals surface area contributed by atoms with Gasteiger partial charge in [-0.1, -0.05) is 24.3 Å². The number of fused-ring (bicyclic) bond motifs is 1. The van der Waals surface area contributed by atoms with Crippen LogP contribution in [0.3, 0.4) is 0 Å². The molecule has 0 unspecified atom stereocenters. The molecule has 0 aromatic heterocycles. The van der Waals surface area contributed by atoms with E-state index >= 15 is 0 Å². The van der Waals surface area contributed by atoms with Crippen molar-refractivity contribution in [3.63, 3.8) is 0 Å². The van der Waals surface area contributed by atoms with Gasteiger partial charge >= 0.3 is 5.97 Å². The van der Waals surface area contributed by atoms with Crippen LogP contribution in [-0.4, -0.2) is 55.0 Å². The molecule has 2 aromatic carbocycles. The molecule has 2 aliphatic rings. The first kappa shape index (κ1) is 21.2. The lowest BCUT2D eigenvalue weighted by atomic mass is 9.96. The highest BCUT2D eigenvalue weighted by molar-refractivity contribution is 6.02. The number of hydrogen-bond donors (Lipinski definition) is 1. The van der Waals surface area contributed by atoms with Gasteiger partial charge in [-0.2, -0.15) is 0 Å². The third kappa shape index (κ3) is 5.16. The van der Waals surface area contributed by atoms with Crippen LogP contribution in [-0.2, 0) is 14.3 Å². The fourth-order valence-electron chi connectivity index (χ4n) is 3.89. The molecule has 7 heteroatoms. The van der Waals surface area contributed by atoms with E-state index in [4.69, 9.17) is 9.47 Å². The minimum atomic E-state index is -0.189. The lowest BCUT2D eigenvalue weighted by Gasteiger charge is -2.31. The van der Waals surface area contributed by atoms with Crippen LogP contribution in [0.1, 0.15) is 43.0 Å². The Morgan fingerprint density at radius 1 is 1.03 bits per heavy atom. The SMILES string of the molecule is CCOC(=O)C1CCN(C(=O)c2cc3ccccc3cc2OCC(=O)NC2CC2)CC1. The number of amides is 2. The maximum Gasteiger partial charge on any atom is 0.309 e. The van der Waals surface area contributed by atoms with Gasteiger partial charge in [-0.3, -0.25) is 14.4 Å². The van der Waals surface area contributed by atoms with Crippen molar-refractivity contribution in [3.8, 4) is 5.75 Å². The smallest absolute Gasteiger partial charge is 0.309 e. The molecular formula is C24H28N2O5. The van der Waals surface area contributed by atoms with Gasteiger partial charge < -0.3 is 19.7 Å². The molecule has 1 aliphatic heterocycles. The van der Waals surface area contributed by atoms with Crippen molar-refractivity contribution in [1.82, 2.24) is 10.2 Å². The maximum atomic E-state index is 13.3. The largest absolute Gasteiger partial charge is 0.483 e. The summed E-state index contributed by atoms with van der Waals surface area (Å²) < 4.78 is 10.9. The highest BCUT2D eigenvalue weighted by Crippen LogP contribution is 2.29. The second-order valence-electron chi connectivity index (χ2n) is 8.14. The molecule has 1 heterocycles. The molecule has 7 nitrogen and oxygen atoms in total. The molecule has 0 bridgehead atoms. The van der Waals surface area contributed by atoms with Gasteiger partial charge in [0.1, 0.15) is 5.75 Å². The van der Waals surface area contributed by atoms with E-state index in [1.807, 2.05) is 36.4 Å². The van der Waals surface area contributed by atoms with Gasteiger partial charge in [0.05, 0.1) is 18.1 Å².